The van der Waals surface area contributed by atoms with Gasteiger partial charge in [0.2, 0.25) is 5.91 Å². The number of carbonyl (C=O) groups excluding carboxylic acids is 1. The van der Waals surface area contributed by atoms with Gasteiger partial charge in [-0.25, -0.2) is 4.98 Å². The van der Waals surface area contributed by atoms with Crippen LogP contribution in [0, 0.1) is 5.92 Å². The van der Waals surface area contributed by atoms with Crippen LogP contribution in [-0.4, -0.2) is 87.7 Å². The van der Waals surface area contributed by atoms with Gasteiger partial charge in [-0.3, -0.25) is 14.6 Å². The van der Waals surface area contributed by atoms with Crippen molar-refractivity contribution in [2.75, 3.05) is 52.4 Å². The highest BCUT2D eigenvalue weighted by Crippen LogP contribution is 2.25. The van der Waals surface area contributed by atoms with E-state index >= 15 is 0 Å². The van der Waals surface area contributed by atoms with Gasteiger partial charge in [0.25, 0.3) is 0 Å². The zero-order valence-corrected chi connectivity index (χ0v) is 18.3. The molecule has 0 bridgehead atoms. The number of fused-ring (bicyclic) bond motifs is 1. The fraction of sp³-hybridized carbons (Fsp3) is 0.652. The molecule has 7 nitrogen and oxygen atoms in total. The van der Waals surface area contributed by atoms with Gasteiger partial charge in [-0.05, 0) is 51.9 Å². The van der Waals surface area contributed by atoms with Gasteiger partial charge in [-0.2, -0.15) is 0 Å². The van der Waals surface area contributed by atoms with Gasteiger partial charge < -0.3 is 14.6 Å². The molecule has 0 unspecified atom stereocenters. The maximum atomic E-state index is 13.0. The number of nitrogens with zero attached hydrogens (tertiary/aromatic N) is 5. The highest BCUT2D eigenvalue weighted by atomic mass is 16.3. The molecule has 4 rings (SSSR count). The Labute approximate surface area is 179 Å². The number of piperazine rings is 1. The van der Waals surface area contributed by atoms with Crippen molar-refractivity contribution in [2.24, 2.45) is 5.92 Å². The summed E-state index contributed by atoms with van der Waals surface area (Å²) in [4.78, 5) is 24.6. The second-order valence-corrected chi connectivity index (χ2v) is 8.92. The standard InChI is InChI=1S/C23H35N5O2/c1-18(2)28-21-6-4-3-5-20(21)24-22(28)17-26-9-7-19(8-10-26)23(30)27-13-11-25(12-14-27)15-16-29/h3-6,18-19,29H,7-17H2,1-2H3. The average Bonchev–Trinajstić information content (AvgIpc) is 3.12. The van der Waals surface area contributed by atoms with Crippen molar-refractivity contribution in [3.8, 4) is 0 Å². The summed E-state index contributed by atoms with van der Waals surface area (Å²) in [6.45, 7) is 11.4. The Kier molecular flexibility index (Phi) is 6.71. The number of aliphatic hydroxyl groups excluding tert-OH is 1. The molecule has 0 radical (unpaired) electrons. The molecule has 0 aliphatic carbocycles. The molecule has 7 heteroatoms. The molecule has 0 spiro atoms. The van der Waals surface area contributed by atoms with E-state index in [2.05, 4.69) is 46.4 Å². The summed E-state index contributed by atoms with van der Waals surface area (Å²) in [5.74, 6) is 1.60. The highest BCUT2D eigenvalue weighted by molar-refractivity contribution is 5.79. The van der Waals surface area contributed by atoms with Gasteiger partial charge in [0.05, 0.1) is 24.2 Å². The van der Waals surface area contributed by atoms with Crippen LogP contribution in [0.15, 0.2) is 24.3 Å². The number of rotatable bonds is 6. The van der Waals surface area contributed by atoms with Crippen LogP contribution in [0.4, 0.5) is 0 Å². The smallest absolute Gasteiger partial charge is 0.225 e. The van der Waals surface area contributed by atoms with Crippen LogP contribution in [0.1, 0.15) is 38.6 Å². The second kappa shape index (κ2) is 9.45. The Morgan fingerprint density at radius 3 is 2.43 bits per heavy atom. The van der Waals surface area contributed by atoms with E-state index in [1.54, 1.807) is 0 Å². The summed E-state index contributed by atoms with van der Waals surface area (Å²) >= 11 is 0. The van der Waals surface area contributed by atoms with Crippen LogP contribution in [0.2, 0.25) is 0 Å². The lowest BCUT2D eigenvalue weighted by atomic mass is 9.95. The molecule has 0 saturated carbocycles. The van der Waals surface area contributed by atoms with Gasteiger partial charge in [-0.15, -0.1) is 0 Å². The molecule has 164 valence electrons. The lowest BCUT2D eigenvalue weighted by molar-refractivity contribution is -0.139. The van der Waals surface area contributed by atoms with E-state index < -0.39 is 0 Å². The molecule has 1 aromatic carbocycles. The van der Waals surface area contributed by atoms with Crippen molar-refractivity contribution in [3.63, 3.8) is 0 Å². The Morgan fingerprint density at radius 1 is 1.07 bits per heavy atom. The minimum atomic E-state index is 0.148. The number of likely N-dealkylation sites (tertiary alicyclic amines) is 1. The van der Waals surface area contributed by atoms with Crippen molar-refractivity contribution in [1.82, 2.24) is 24.3 Å². The molecule has 1 amide bonds. The van der Waals surface area contributed by atoms with Crippen molar-refractivity contribution in [3.05, 3.63) is 30.1 Å². The van der Waals surface area contributed by atoms with Gasteiger partial charge in [0, 0.05) is 44.7 Å². The first-order valence-electron chi connectivity index (χ1n) is 11.4. The number of aromatic nitrogens is 2. The monoisotopic (exact) mass is 413 g/mol. The third-order valence-electron chi connectivity index (χ3n) is 6.59. The summed E-state index contributed by atoms with van der Waals surface area (Å²) in [5, 5.41) is 9.08. The predicted octanol–water partition coefficient (Wildman–Crippen LogP) is 1.97. The van der Waals surface area contributed by atoms with E-state index in [0.717, 1.165) is 70.0 Å². The maximum absolute atomic E-state index is 13.0. The molecule has 1 aromatic heterocycles. The summed E-state index contributed by atoms with van der Waals surface area (Å²) in [6, 6.07) is 8.73. The first-order chi connectivity index (χ1) is 14.6. The molecular weight excluding hydrogens is 378 g/mol. The maximum Gasteiger partial charge on any atom is 0.225 e. The second-order valence-electron chi connectivity index (χ2n) is 8.92. The van der Waals surface area contributed by atoms with Crippen LogP contribution in [0.5, 0.6) is 0 Å². The fourth-order valence-electron chi connectivity index (χ4n) is 4.91. The van der Waals surface area contributed by atoms with E-state index in [0.29, 0.717) is 18.5 Å². The first-order valence-corrected chi connectivity index (χ1v) is 11.4. The van der Waals surface area contributed by atoms with Crippen molar-refractivity contribution < 1.29 is 9.90 Å². The van der Waals surface area contributed by atoms with Crippen molar-refractivity contribution in [2.45, 2.75) is 39.3 Å². The van der Waals surface area contributed by atoms with E-state index in [4.69, 9.17) is 10.1 Å². The van der Waals surface area contributed by atoms with Crippen LogP contribution in [0.25, 0.3) is 11.0 Å². The molecule has 3 heterocycles. The topological polar surface area (TPSA) is 64.8 Å². The molecular formula is C23H35N5O2. The zero-order valence-electron chi connectivity index (χ0n) is 18.3. The predicted molar refractivity (Wildman–Crippen MR) is 118 cm³/mol. The molecule has 0 atom stereocenters. The summed E-state index contributed by atoms with van der Waals surface area (Å²) < 4.78 is 2.35. The number of hydrogen-bond donors (Lipinski definition) is 1. The highest BCUT2D eigenvalue weighted by Gasteiger charge is 2.30. The quantitative estimate of drug-likeness (QED) is 0.784. The number of carbonyl (C=O) groups is 1. The molecule has 2 aromatic rings. The number of benzene rings is 1. The van der Waals surface area contributed by atoms with Gasteiger partial charge >= 0.3 is 0 Å². The number of imidazole rings is 1. The van der Waals surface area contributed by atoms with Crippen LogP contribution in [0.3, 0.4) is 0 Å². The van der Waals surface area contributed by atoms with Gasteiger partial charge in [0.1, 0.15) is 5.82 Å². The van der Waals surface area contributed by atoms with Crippen LogP contribution in [-0.2, 0) is 11.3 Å². The number of piperidine rings is 1. The number of hydrogen-bond acceptors (Lipinski definition) is 5. The molecule has 2 fully saturated rings. The molecule has 2 aliphatic rings. The molecule has 30 heavy (non-hydrogen) atoms. The minimum absolute atomic E-state index is 0.148. The Hall–Kier alpha value is -1.96. The third-order valence-corrected chi connectivity index (χ3v) is 6.59. The lowest BCUT2D eigenvalue weighted by Gasteiger charge is -2.38. The molecule has 2 aliphatic heterocycles. The fourth-order valence-corrected chi connectivity index (χ4v) is 4.91. The summed E-state index contributed by atoms with van der Waals surface area (Å²) in [5.41, 5.74) is 2.26. The van der Waals surface area contributed by atoms with E-state index in [1.165, 1.54) is 5.52 Å². The van der Waals surface area contributed by atoms with Crippen molar-refractivity contribution in [1.29, 1.82) is 0 Å². The first kappa shape index (κ1) is 21.3. The SMILES string of the molecule is CC(C)n1c(CN2CCC(C(=O)N3CCN(CCO)CC3)CC2)nc2ccccc21. The summed E-state index contributed by atoms with van der Waals surface area (Å²) in [6.07, 6.45) is 1.86. The normalized spacial score (nSPS) is 19.8. The Bertz CT molecular complexity index is 848. The Morgan fingerprint density at radius 2 is 1.77 bits per heavy atom. The van der Waals surface area contributed by atoms with Crippen LogP contribution >= 0.6 is 0 Å². The van der Waals surface area contributed by atoms with E-state index in [9.17, 15) is 4.79 Å². The number of para-hydroxylation sites is 2. The van der Waals surface area contributed by atoms with Crippen LogP contribution < -0.4 is 0 Å². The summed E-state index contributed by atoms with van der Waals surface area (Å²) in [7, 11) is 0. The van der Waals surface area contributed by atoms with Crippen molar-refractivity contribution >= 4 is 16.9 Å². The molecule has 1 N–H and O–H groups in total. The van der Waals surface area contributed by atoms with Gasteiger partial charge in [-0.1, -0.05) is 12.1 Å². The molecule has 2 saturated heterocycles. The Balaban J connectivity index is 1.33. The van der Waals surface area contributed by atoms with E-state index in [1.807, 2.05) is 11.0 Å². The number of aliphatic hydroxyl groups is 1. The van der Waals surface area contributed by atoms with Gasteiger partial charge in [0.15, 0.2) is 0 Å². The zero-order chi connectivity index (χ0) is 21.1. The largest absolute Gasteiger partial charge is 0.395 e. The average molecular weight is 414 g/mol. The van der Waals surface area contributed by atoms with E-state index in [-0.39, 0.29) is 12.5 Å². The lowest BCUT2D eigenvalue weighted by Crippen LogP contribution is -2.52. The number of β-amino-alcohol motifs (C(OH)–C–C–N with tert-alkyl or cyclic N) is 1. The third kappa shape index (κ3) is 4.53. The number of amides is 1. The minimum Gasteiger partial charge on any atom is -0.395 e.